The molecule has 6 bridgehead atoms. The maximum atomic E-state index is 14.1. The highest BCUT2D eigenvalue weighted by Crippen LogP contribution is 2.71. The number of rotatable bonds is 6. The first-order valence-electron chi connectivity index (χ1n) is 13.0. The molecule has 6 unspecified atom stereocenters. The van der Waals surface area contributed by atoms with E-state index in [0.717, 1.165) is 37.9 Å². The van der Waals surface area contributed by atoms with Gasteiger partial charge in [-0.15, -0.1) is 0 Å². The summed E-state index contributed by atoms with van der Waals surface area (Å²) in [5.74, 6) is 2.26. The fraction of sp³-hybridized carbons (Fsp3) is 0.714. The van der Waals surface area contributed by atoms with E-state index in [9.17, 15) is 9.59 Å². The first-order chi connectivity index (χ1) is 15.5. The van der Waals surface area contributed by atoms with Gasteiger partial charge >= 0.3 is 0 Å². The van der Waals surface area contributed by atoms with Crippen LogP contribution in [-0.4, -0.2) is 60.6 Å². The summed E-state index contributed by atoms with van der Waals surface area (Å²) in [5, 5.41) is 0. The third kappa shape index (κ3) is 2.75. The number of carbonyl (C=O) groups is 2. The van der Waals surface area contributed by atoms with Gasteiger partial charge in [0.25, 0.3) is 0 Å². The lowest BCUT2D eigenvalue weighted by atomic mass is 9.34. The van der Waals surface area contributed by atoms with E-state index in [1.165, 1.54) is 32.1 Å². The van der Waals surface area contributed by atoms with Gasteiger partial charge in [0.05, 0.1) is 10.8 Å². The molecule has 4 heteroatoms. The van der Waals surface area contributed by atoms with Gasteiger partial charge in [-0.2, -0.15) is 0 Å². The predicted octanol–water partition coefficient (Wildman–Crippen LogP) is 3.98. The van der Waals surface area contributed by atoms with Crippen molar-refractivity contribution >= 4 is 11.6 Å². The molecule has 8 fully saturated rings. The van der Waals surface area contributed by atoms with Gasteiger partial charge in [-0.3, -0.25) is 9.59 Å². The van der Waals surface area contributed by atoms with Crippen molar-refractivity contribution in [3.8, 4) is 0 Å². The summed E-state index contributed by atoms with van der Waals surface area (Å²) in [6, 6.07) is 10.7. The van der Waals surface area contributed by atoms with Crippen LogP contribution in [0.15, 0.2) is 30.3 Å². The van der Waals surface area contributed by atoms with Crippen LogP contribution in [0.4, 0.5) is 0 Å². The minimum Gasteiger partial charge on any atom is -0.302 e. The van der Waals surface area contributed by atoms with Crippen molar-refractivity contribution in [3.63, 3.8) is 0 Å². The molecule has 9 rings (SSSR count). The average molecular weight is 435 g/mol. The van der Waals surface area contributed by atoms with Crippen LogP contribution < -0.4 is 0 Å². The van der Waals surface area contributed by atoms with E-state index in [1.807, 2.05) is 18.2 Å². The van der Waals surface area contributed by atoms with Crippen molar-refractivity contribution < 1.29 is 9.59 Å². The molecule has 32 heavy (non-hydrogen) atoms. The first kappa shape index (κ1) is 21.0. The van der Waals surface area contributed by atoms with E-state index in [0.29, 0.717) is 35.7 Å². The van der Waals surface area contributed by atoms with Crippen molar-refractivity contribution in [1.82, 2.24) is 9.80 Å². The van der Waals surface area contributed by atoms with E-state index in [-0.39, 0.29) is 22.9 Å². The second-order valence-electron chi connectivity index (χ2n) is 11.8. The molecule has 4 heterocycles. The van der Waals surface area contributed by atoms with Crippen LogP contribution in [-0.2, 0) is 16.0 Å². The Hall–Kier alpha value is -1.52. The number of hydrogen-bond acceptors (Lipinski definition) is 4. The fourth-order valence-corrected chi connectivity index (χ4v) is 9.15. The Morgan fingerprint density at radius 2 is 1.41 bits per heavy atom. The summed E-state index contributed by atoms with van der Waals surface area (Å²) < 4.78 is 0. The normalized spacial score (nSPS) is 41.3. The van der Waals surface area contributed by atoms with E-state index in [2.05, 4.69) is 36.0 Å². The highest BCUT2D eigenvalue weighted by atomic mass is 16.1. The Morgan fingerprint density at radius 1 is 0.844 bits per heavy atom. The average Bonchev–Trinajstić information content (AvgIpc) is 2.81. The first-order valence-corrected chi connectivity index (χ1v) is 13.0. The molecule has 172 valence electrons. The Morgan fingerprint density at radius 3 is 2.00 bits per heavy atom. The van der Waals surface area contributed by atoms with Gasteiger partial charge in [0, 0.05) is 38.0 Å². The maximum Gasteiger partial charge on any atom is 0.145 e. The van der Waals surface area contributed by atoms with Crippen LogP contribution in [0.5, 0.6) is 0 Å². The molecule has 0 N–H and O–H groups in total. The lowest BCUT2D eigenvalue weighted by molar-refractivity contribution is -0.269. The van der Waals surface area contributed by atoms with Gasteiger partial charge in [-0.25, -0.2) is 0 Å². The predicted molar refractivity (Wildman–Crippen MR) is 125 cm³/mol. The quantitative estimate of drug-likeness (QED) is 0.679. The topological polar surface area (TPSA) is 40.6 Å². The number of Topliss-reactive ketones (excluding diaryl/α,β-unsaturated/α-hetero) is 2. The van der Waals surface area contributed by atoms with Gasteiger partial charge < -0.3 is 9.80 Å². The Bertz CT molecular complexity index is 909. The van der Waals surface area contributed by atoms with Crippen molar-refractivity contribution in [1.29, 1.82) is 0 Å². The fourth-order valence-electron chi connectivity index (χ4n) is 9.15. The van der Waals surface area contributed by atoms with E-state index in [4.69, 9.17) is 0 Å². The van der Waals surface area contributed by atoms with E-state index >= 15 is 0 Å². The molecule has 0 spiro atoms. The Kier molecular flexibility index (Phi) is 4.93. The number of carbonyl (C=O) groups excluding carboxylic acids is 2. The van der Waals surface area contributed by atoms with Gasteiger partial charge in [0.2, 0.25) is 0 Å². The summed E-state index contributed by atoms with van der Waals surface area (Å²) in [6.07, 6.45) is 9.52. The number of piperidine rings is 4. The summed E-state index contributed by atoms with van der Waals surface area (Å²) >= 11 is 0. The van der Waals surface area contributed by atoms with Gasteiger partial charge in [-0.05, 0) is 50.3 Å². The highest BCUT2D eigenvalue weighted by Gasteiger charge is 2.78. The monoisotopic (exact) mass is 434 g/mol. The molecule has 4 nitrogen and oxygen atoms in total. The molecule has 0 aromatic heterocycles. The molecule has 4 saturated carbocycles. The lowest BCUT2D eigenvalue weighted by Crippen LogP contribution is -2.85. The molecule has 4 saturated heterocycles. The number of ketones is 2. The molecule has 4 aliphatic carbocycles. The molecule has 1 aromatic carbocycles. The number of fused-ring (bicyclic) bond motifs is 2. The van der Waals surface area contributed by atoms with Gasteiger partial charge in [-0.1, -0.05) is 62.4 Å². The zero-order valence-electron chi connectivity index (χ0n) is 19.8. The van der Waals surface area contributed by atoms with Crippen LogP contribution in [0.3, 0.4) is 0 Å². The standard InChI is InChI=1S/C28H38N2O2/c1-29-17-21-22-18-30(2)24-16-27(22,25(31)13-19-9-5-3-6-10-19)23(29)15-28(21,24)26(32)14-20-11-7-4-8-12-20/h3,5-6,9-10,20-24H,4,7-8,11-18H2,1-2H3. The Balaban J connectivity index is 1.34. The minimum absolute atomic E-state index is 0.207. The summed E-state index contributed by atoms with van der Waals surface area (Å²) in [4.78, 5) is 33.1. The SMILES string of the molecule is CN1CC2C3CN(C)C4CC3(C(=O)Cc3ccccc3)C1CC24C(=O)CC1CCCCC1. The molecule has 4 aliphatic heterocycles. The van der Waals surface area contributed by atoms with Crippen molar-refractivity contribution in [3.05, 3.63) is 35.9 Å². The lowest BCUT2D eigenvalue weighted by Gasteiger charge is -2.77. The molecule has 8 aliphatic rings. The molecular formula is C28H38N2O2. The molecular weight excluding hydrogens is 396 g/mol. The third-order valence-corrected chi connectivity index (χ3v) is 10.5. The zero-order valence-corrected chi connectivity index (χ0v) is 19.8. The summed E-state index contributed by atoms with van der Waals surface area (Å²) in [5.41, 5.74) is 0.656. The third-order valence-electron chi connectivity index (χ3n) is 10.5. The van der Waals surface area contributed by atoms with Crippen molar-refractivity contribution in [2.24, 2.45) is 28.6 Å². The van der Waals surface area contributed by atoms with Crippen LogP contribution in [0, 0.1) is 28.6 Å². The second-order valence-corrected chi connectivity index (χ2v) is 11.8. The van der Waals surface area contributed by atoms with Crippen molar-refractivity contribution in [2.45, 2.75) is 69.9 Å². The van der Waals surface area contributed by atoms with Crippen LogP contribution in [0.25, 0.3) is 0 Å². The minimum atomic E-state index is -0.266. The Labute approximate surface area is 192 Å². The van der Waals surface area contributed by atoms with E-state index in [1.54, 1.807) is 0 Å². The van der Waals surface area contributed by atoms with Crippen molar-refractivity contribution in [2.75, 3.05) is 27.2 Å². The largest absolute Gasteiger partial charge is 0.302 e. The zero-order chi connectivity index (χ0) is 22.1. The van der Waals surface area contributed by atoms with Crippen LogP contribution in [0.1, 0.15) is 56.9 Å². The van der Waals surface area contributed by atoms with Gasteiger partial charge in [0.1, 0.15) is 11.6 Å². The highest BCUT2D eigenvalue weighted by molar-refractivity contribution is 5.93. The van der Waals surface area contributed by atoms with Crippen LogP contribution in [0.2, 0.25) is 0 Å². The summed E-state index contributed by atoms with van der Waals surface area (Å²) in [6.45, 7) is 1.98. The maximum absolute atomic E-state index is 14.1. The van der Waals surface area contributed by atoms with Crippen LogP contribution >= 0.6 is 0 Å². The molecule has 0 amide bonds. The molecule has 6 atom stereocenters. The number of hydrogen-bond donors (Lipinski definition) is 0. The molecule has 1 aromatic rings. The molecule has 0 radical (unpaired) electrons. The van der Waals surface area contributed by atoms with E-state index < -0.39 is 0 Å². The van der Waals surface area contributed by atoms with Gasteiger partial charge in [0.15, 0.2) is 0 Å². The second kappa shape index (κ2) is 7.50. The number of nitrogens with zero attached hydrogens (tertiary/aromatic N) is 2. The smallest absolute Gasteiger partial charge is 0.145 e. The summed E-state index contributed by atoms with van der Waals surface area (Å²) in [7, 11) is 4.42. The number of benzene rings is 1.